The molecule has 158 valence electrons. The zero-order chi connectivity index (χ0) is 21.1. The van der Waals surface area contributed by atoms with Crippen molar-refractivity contribution in [2.24, 2.45) is 0 Å². The Hall–Kier alpha value is -2.48. The largest absolute Gasteiger partial charge is 0.379 e. The number of hydrogen-bond acceptors (Lipinski definition) is 5. The van der Waals surface area contributed by atoms with Gasteiger partial charge in [-0.15, -0.1) is 0 Å². The number of benzene rings is 2. The van der Waals surface area contributed by atoms with E-state index in [1.807, 2.05) is 12.1 Å². The van der Waals surface area contributed by atoms with Crippen molar-refractivity contribution in [1.82, 2.24) is 4.31 Å². The van der Waals surface area contributed by atoms with Crippen LogP contribution >= 0.6 is 0 Å². The maximum Gasteiger partial charge on any atom is 0.243 e. The third kappa shape index (κ3) is 4.33. The summed E-state index contributed by atoms with van der Waals surface area (Å²) in [4.78, 5) is 15.0. The van der Waals surface area contributed by atoms with Crippen molar-refractivity contribution >= 4 is 27.6 Å². The molecule has 6 nitrogen and oxygen atoms in total. The number of morpholine rings is 1. The Bertz CT molecular complexity index is 1060. The summed E-state index contributed by atoms with van der Waals surface area (Å²) in [6.45, 7) is 2.57. The third-order valence-corrected chi connectivity index (χ3v) is 7.54. The number of carbonyl (C=O) groups is 1. The van der Waals surface area contributed by atoms with E-state index in [1.54, 1.807) is 18.2 Å². The number of fused-ring (bicyclic) bond motifs is 1. The molecule has 0 aromatic heterocycles. The summed E-state index contributed by atoms with van der Waals surface area (Å²) in [5, 5.41) is 0. The smallest absolute Gasteiger partial charge is 0.243 e. The topological polar surface area (TPSA) is 66.9 Å². The van der Waals surface area contributed by atoms with E-state index in [2.05, 4.69) is 24.1 Å². The van der Waals surface area contributed by atoms with E-state index < -0.39 is 10.0 Å². The van der Waals surface area contributed by atoms with Gasteiger partial charge in [0.15, 0.2) is 5.78 Å². The molecular formula is C23H26N2O4S. The predicted octanol–water partition coefficient (Wildman–Crippen LogP) is 2.99. The average molecular weight is 427 g/mol. The van der Waals surface area contributed by atoms with Crippen molar-refractivity contribution in [3.05, 3.63) is 65.2 Å². The Morgan fingerprint density at radius 3 is 2.50 bits per heavy atom. The van der Waals surface area contributed by atoms with Crippen LogP contribution in [-0.4, -0.2) is 58.4 Å². The highest BCUT2D eigenvalue weighted by Crippen LogP contribution is 2.27. The Morgan fingerprint density at radius 1 is 1.03 bits per heavy atom. The Labute approximate surface area is 177 Å². The average Bonchev–Trinajstić information content (AvgIpc) is 2.78. The van der Waals surface area contributed by atoms with E-state index >= 15 is 0 Å². The van der Waals surface area contributed by atoms with E-state index in [9.17, 15) is 13.2 Å². The lowest BCUT2D eigenvalue weighted by Gasteiger charge is -2.27. The van der Waals surface area contributed by atoms with Crippen molar-refractivity contribution in [3.8, 4) is 0 Å². The standard InChI is InChI=1S/C23H26N2O4S/c1-24-12-2-3-20-17-18(4-10-22(20)24)5-11-23(26)19-6-8-21(9-7-19)30(27,28)25-13-15-29-16-14-25/h4-11,17H,2-3,12-16H2,1H3/b11-5+. The molecule has 7 heteroatoms. The fourth-order valence-electron chi connectivity index (χ4n) is 3.90. The van der Waals surface area contributed by atoms with Crippen molar-refractivity contribution in [1.29, 1.82) is 0 Å². The van der Waals surface area contributed by atoms with Crippen molar-refractivity contribution < 1.29 is 17.9 Å². The second kappa shape index (κ2) is 8.71. The van der Waals surface area contributed by atoms with Gasteiger partial charge in [-0.3, -0.25) is 4.79 Å². The van der Waals surface area contributed by atoms with Gasteiger partial charge in [0.2, 0.25) is 10.0 Å². The summed E-state index contributed by atoms with van der Waals surface area (Å²) in [5.41, 5.74) is 4.01. The summed E-state index contributed by atoms with van der Waals surface area (Å²) in [7, 11) is -1.46. The maximum atomic E-state index is 12.7. The van der Waals surface area contributed by atoms with Gasteiger partial charge in [-0.1, -0.05) is 12.1 Å². The number of aryl methyl sites for hydroxylation is 1. The number of ketones is 1. The number of anilines is 1. The molecule has 0 unspecified atom stereocenters. The molecule has 0 aliphatic carbocycles. The molecule has 2 aromatic carbocycles. The highest BCUT2D eigenvalue weighted by molar-refractivity contribution is 7.89. The molecule has 1 saturated heterocycles. The molecular weight excluding hydrogens is 400 g/mol. The molecule has 0 atom stereocenters. The molecule has 0 N–H and O–H groups in total. The van der Waals surface area contributed by atoms with E-state index in [4.69, 9.17) is 4.74 Å². The molecule has 1 fully saturated rings. The first kappa shape index (κ1) is 20.8. The van der Waals surface area contributed by atoms with Gasteiger partial charge >= 0.3 is 0 Å². The Balaban J connectivity index is 1.46. The normalized spacial score (nSPS) is 17.8. The zero-order valence-electron chi connectivity index (χ0n) is 17.1. The van der Waals surface area contributed by atoms with Crippen LogP contribution in [0.3, 0.4) is 0 Å². The van der Waals surface area contributed by atoms with Crippen LogP contribution in [0.2, 0.25) is 0 Å². The molecule has 0 saturated carbocycles. The van der Waals surface area contributed by atoms with Crippen LogP contribution in [0.5, 0.6) is 0 Å². The lowest BCUT2D eigenvalue weighted by Crippen LogP contribution is -2.40. The second-order valence-electron chi connectivity index (χ2n) is 7.65. The monoisotopic (exact) mass is 426 g/mol. The Morgan fingerprint density at radius 2 is 1.77 bits per heavy atom. The fraction of sp³-hybridized carbons (Fsp3) is 0.348. The molecule has 2 aromatic rings. The van der Waals surface area contributed by atoms with Gasteiger partial charge in [-0.2, -0.15) is 4.31 Å². The van der Waals surface area contributed by atoms with Crippen LogP contribution in [0, 0.1) is 0 Å². The minimum Gasteiger partial charge on any atom is -0.379 e. The highest BCUT2D eigenvalue weighted by Gasteiger charge is 2.26. The van der Waals surface area contributed by atoms with Gasteiger partial charge in [0.05, 0.1) is 18.1 Å². The number of sulfonamides is 1. The summed E-state index contributed by atoms with van der Waals surface area (Å²) in [5.74, 6) is -0.153. The van der Waals surface area contributed by atoms with Gasteiger partial charge in [-0.05, 0) is 66.4 Å². The van der Waals surface area contributed by atoms with E-state index in [1.165, 1.54) is 27.7 Å². The van der Waals surface area contributed by atoms with Crippen LogP contribution in [-0.2, 0) is 21.2 Å². The SMILES string of the molecule is CN1CCCc2cc(/C=C/C(=O)c3ccc(S(=O)(=O)N4CCOCC4)cc3)ccc21. The predicted molar refractivity (Wildman–Crippen MR) is 117 cm³/mol. The number of carbonyl (C=O) groups excluding carboxylic acids is 1. The number of allylic oxidation sites excluding steroid dienone is 1. The van der Waals surface area contributed by atoms with Crippen LogP contribution < -0.4 is 4.90 Å². The lowest BCUT2D eigenvalue weighted by atomic mass is 9.99. The zero-order valence-corrected chi connectivity index (χ0v) is 17.9. The molecule has 0 radical (unpaired) electrons. The molecule has 30 heavy (non-hydrogen) atoms. The summed E-state index contributed by atoms with van der Waals surface area (Å²) in [6.07, 6.45) is 5.54. The van der Waals surface area contributed by atoms with Crippen LogP contribution in [0.25, 0.3) is 6.08 Å². The summed E-state index contributed by atoms with van der Waals surface area (Å²) >= 11 is 0. The Kier molecular flexibility index (Phi) is 6.04. The number of nitrogens with zero attached hydrogens (tertiary/aromatic N) is 2. The number of ether oxygens (including phenoxy) is 1. The molecule has 0 spiro atoms. The third-order valence-electron chi connectivity index (χ3n) is 5.63. The second-order valence-corrected chi connectivity index (χ2v) is 9.59. The number of hydrogen-bond donors (Lipinski definition) is 0. The lowest BCUT2D eigenvalue weighted by molar-refractivity contribution is 0.0730. The van der Waals surface area contributed by atoms with Crippen LogP contribution in [0.4, 0.5) is 5.69 Å². The molecule has 2 heterocycles. The van der Waals surface area contributed by atoms with E-state index in [0.29, 0.717) is 31.9 Å². The van der Waals surface area contributed by atoms with Crippen LogP contribution in [0.15, 0.2) is 53.4 Å². The van der Waals surface area contributed by atoms with Gasteiger partial charge in [0, 0.05) is 37.9 Å². The van der Waals surface area contributed by atoms with Crippen molar-refractivity contribution in [2.45, 2.75) is 17.7 Å². The first-order valence-corrected chi connectivity index (χ1v) is 11.6. The minimum absolute atomic E-state index is 0.153. The first-order chi connectivity index (χ1) is 14.4. The first-order valence-electron chi connectivity index (χ1n) is 10.2. The van der Waals surface area contributed by atoms with Gasteiger partial charge in [0.1, 0.15) is 0 Å². The quantitative estimate of drug-likeness (QED) is 0.543. The van der Waals surface area contributed by atoms with Crippen molar-refractivity contribution in [3.63, 3.8) is 0 Å². The molecule has 4 rings (SSSR count). The number of rotatable bonds is 5. The molecule has 2 aliphatic rings. The van der Waals surface area contributed by atoms with Crippen LogP contribution in [0.1, 0.15) is 27.9 Å². The molecule has 2 aliphatic heterocycles. The summed E-state index contributed by atoms with van der Waals surface area (Å²) < 4.78 is 32.0. The van der Waals surface area contributed by atoms with Gasteiger partial charge in [0.25, 0.3) is 0 Å². The van der Waals surface area contributed by atoms with Gasteiger partial charge < -0.3 is 9.64 Å². The molecule has 0 bridgehead atoms. The highest BCUT2D eigenvalue weighted by atomic mass is 32.2. The van der Waals surface area contributed by atoms with E-state index in [0.717, 1.165) is 24.9 Å². The maximum absolute atomic E-state index is 12.7. The summed E-state index contributed by atoms with van der Waals surface area (Å²) in [6, 6.07) is 12.4. The van der Waals surface area contributed by atoms with Gasteiger partial charge in [-0.25, -0.2) is 8.42 Å². The minimum atomic E-state index is -3.55. The van der Waals surface area contributed by atoms with Crippen molar-refractivity contribution in [2.75, 3.05) is 44.8 Å². The van der Waals surface area contributed by atoms with E-state index in [-0.39, 0.29) is 10.7 Å². The fourth-order valence-corrected chi connectivity index (χ4v) is 5.31. The molecule has 0 amide bonds.